The van der Waals surface area contributed by atoms with Crippen LogP contribution in [0.5, 0.6) is 0 Å². The Hall–Kier alpha value is -2.07. The topological polar surface area (TPSA) is 67.2 Å². The average Bonchev–Trinajstić information content (AvgIpc) is 3.10. The lowest BCUT2D eigenvalue weighted by atomic mass is 9.95. The van der Waals surface area contributed by atoms with E-state index in [9.17, 15) is 4.79 Å². The quantitative estimate of drug-likeness (QED) is 0.738. The minimum absolute atomic E-state index is 0.000460. The molecular formula is C17H19N3O. The molecule has 2 aromatic carbocycles. The van der Waals surface area contributed by atoms with Crippen LogP contribution in [0.4, 0.5) is 5.69 Å². The van der Waals surface area contributed by atoms with Gasteiger partial charge < -0.3 is 16.4 Å². The number of nitrogen functional groups attached to an aromatic ring is 1. The van der Waals surface area contributed by atoms with Gasteiger partial charge in [-0.3, -0.25) is 4.79 Å². The number of benzene rings is 2. The van der Waals surface area contributed by atoms with Crippen LogP contribution in [0.15, 0.2) is 36.4 Å². The van der Waals surface area contributed by atoms with E-state index in [1.165, 1.54) is 12.8 Å². The summed E-state index contributed by atoms with van der Waals surface area (Å²) in [6.07, 6.45) is 3.45. The predicted molar refractivity (Wildman–Crippen MR) is 84.2 cm³/mol. The number of anilines is 1. The maximum Gasteiger partial charge on any atom is 0.251 e. The standard InChI is InChI=1S/C17H19N3O/c18-14-3-1-2-10-4-5-11(8-13(10)14)17(21)20-16-9-12-6-7-15(16)19-12/h1-5,8,12,15-16,19H,6-7,9,18H2,(H,20,21)/t12-,15+,16-/m1/s1. The Kier molecular flexibility index (Phi) is 2.86. The molecule has 0 aliphatic carbocycles. The molecule has 0 aromatic heterocycles. The van der Waals surface area contributed by atoms with E-state index in [1.807, 2.05) is 36.4 Å². The second kappa shape index (κ2) is 4.74. The first kappa shape index (κ1) is 12.7. The van der Waals surface area contributed by atoms with Crippen LogP contribution in [0.2, 0.25) is 0 Å². The molecule has 2 aliphatic heterocycles. The molecule has 0 spiro atoms. The minimum atomic E-state index is -0.000460. The van der Waals surface area contributed by atoms with Gasteiger partial charge in [-0.2, -0.15) is 0 Å². The fourth-order valence-electron chi connectivity index (χ4n) is 3.67. The molecule has 2 fully saturated rings. The van der Waals surface area contributed by atoms with Crippen molar-refractivity contribution in [2.45, 2.75) is 37.4 Å². The fourth-order valence-corrected chi connectivity index (χ4v) is 3.67. The van der Waals surface area contributed by atoms with Gasteiger partial charge in [0.25, 0.3) is 5.91 Å². The van der Waals surface area contributed by atoms with Crippen molar-refractivity contribution in [3.63, 3.8) is 0 Å². The predicted octanol–water partition coefficient (Wildman–Crippen LogP) is 2.04. The average molecular weight is 281 g/mol. The van der Waals surface area contributed by atoms with Crippen molar-refractivity contribution < 1.29 is 4.79 Å². The first-order chi connectivity index (χ1) is 10.2. The highest BCUT2D eigenvalue weighted by Gasteiger charge is 2.39. The third-order valence-electron chi connectivity index (χ3n) is 4.79. The lowest BCUT2D eigenvalue weighted by Crippen LogP contribution is -2.42. The molecule has 2 bridgehead atoms. The normalized spacial score (nSPS) is 27.1. The third-order valence-corrected chi connectivity index (χ3v) is 4.79. The van der Waals surface area contributed by atoms with E-state index in [0.29, 0.717) is 23.3 Å². The number of rotatable bonds is 2. The second-order valence-electron chi connectivity index (χ2n) is 6.15. The van der Waals surface area contributed by atoms with Gasteiger partial charge in [0.05, 0.1) is 0 Å². The van der Waals surface area contributed by atoms with Gasteiger partial charge in [0.2, 0.25) is 0 Å². The number of amides is 1. The monoisotopic (exact) mass is 281 g/mol. The molecule has 0 radical (unpaired) electrons. The summed E-state index contributed by atoms with van der Waals surface area (Å²) in [5, 5.41) is 8.71. The summed E-state index contributed by atoms with van der Waals surface area (Å²) >= 11 is 0. The van der Waals surface area contributed by atoms with Gasteiger partial charge in [-0.25, -0.2) is 0 Å². The fraction of sp³-hybridized carbons (Fsp3) is 0.353. The van der Waals surface area contributed by atoms with Crippen LogP contribution in [-0.2, 0) is 0 Å². The summed E-state index contributed by atoms with van der Waals surface area (Å²) in [5.74, 6) is -0.000460. The van der Waals surface area contributed by atoms with Crippen LogP contribution in [0.25, 0.3) is 10.8 Å². The lowest BCUT2D eigenvalue weighted by Gasteiger charge is -2.21. The SMILES string of the molecule is Nc1cccc2ccc(C(=O)N[C@@H]3C[C@H]4CC[C@@H]3N4)cc12. The second-order valence-corrected chi connectivity index (χ2v) is 6.15. The van der Waals surface area contributed by atoms with Gasteiger partial charge in [0.1, 0.15) is 0 Å². The van der Waals surface area contributed by atoms with Crippen molar-refractivity contribution in [2.75, 3.05) is 5.73 Å². The molecule has 4 rings (SSSR count). The van der Waals surface area contributed by atoms with Crippen molar-refractivity contribution in [1.82, 2.24) is 10.6 Å². The van der Waals surface area contributed by atoms with Crippen LogP contribution in [0.3, 0.4) is 0 Å². The van der Waals surface area contributed by atoms with Crippen LogP contribution in [-0.4, -0.2) is 24.0 Å². The summed E-state index contributed by atoms with van der Waals surface area (Å²) in [6.45, 7) is 0. The molecule has 108 valence electrons. The number of fused-ring (bicyclic) bond motifs is 3. The van der Waals surface area contributed by atoms with Gasteiger partial charge in [-0.05, 0) is 42.8 Å². The highest BCUT2D eigenvalue weighted by Crippen LogP contribution is 2.28. The van der Waals surface area contributed by atoms with Gasteiger partial charge in [-0.15, -0.1) is 0 Å². The van der Waals surface area contributed by atoms with E-state index >= 15 is 0 Å². The first-order valence-electron chi connectivity index (χ1n) is 7.56. The third kappa shape index (κ3) is 2.16. The van der Waals surface area contributed by atoms with E-state index in [-0.39, 0.29) is 11.9 Å². The van der Waals surface area contributed by atoms with Crippen molar-refractivity contribution in [3.8, 4) is 0 Å². The Morgan fingerprint density at radius 1 is 1.24 bits per heavy atom. The zero-order valence-corrected chi connectivity index (χ0v) is 11.8. The number of nitrogens with two attached hydrogens (primary N) is 1. The number of carbonyl (C=O) groups excluding carboxylic acids is 1. The summed E-state index contributed by atoms with van der Waals surface area (Å²) in [6, 6.07) is 12.8. The summed E-state index contributed by atoms with van der Waals surface area (Å²) < 4.78 is 0. The Labute approximate surface area is 123 Å². The van der Waals surface area contributed by atoms with Crippen LogP contribution in [0, 0.1) is 0 Å². The molecule has 1 amide bonds. The van der Waals surface area contributed by atoms with Gasteiger partial charge in [-0.1, -0.05) is 18.2 Å². The van der Waals surface area contributed by atoms with Crippen LogP contribution >= 0.6 is 0 Å². The first-order valence-corrected chi connectivity index (χ1v) is 7.56. The molecular weight excluding hydrogens is 262 g/mol. The molecule has 2 saturated heterocycles. The maximum absolute atomic E-state index is 12.5. The van der Waals surface area contributed by atoms with Crippen molar-refractivity contribution in [3.05, 3.63) is 42.0 Å². The zero-order valence-electron chi connectivity index (χ0n) is 11.8. The van der Waals surface area contributed by atoms with Crippen molar-refractivity contribution >= 4 is 22.4 Å². The highest BCUT2D eigenvalue weighted by atomic mass is 16.1. The van der Waals surface area contributed by atoms with Gasteiger partial charge in [0, 0.05) is 34.8 Å². The van der Waals surface area contributed by atoms with Crippen molar-refractivity contribution in [2.24, 2.45) is 0 Å². The Bertz CT molecular complexity index is 712. The molecule has 2 heterocycles. The molecule has 3 atom stereocenters. The van der Waals surface area contributed by atoms with E-state index in [0.717, 1.165) is 17.2 Å². The highest BCUT2D eigenvalue weighted by molar-refractivity contribution is 6.01. The molecule has 2 aliphatic rings. The number of hydrogen-bond donors (Lipinski definition) is 3. The molecule has 4 heteroatoms. The summed E-state index contributed by atoms with van der Waals surface area (Å²) in [5.41, 5.74) is 7.39. The Balaban J connectivity index is 1.58. The van der Waals surface area contributed by atoms with E-state index in [4.69, 9.17) is 5.73 Å². The number of hydrogen-bond acceptors (Lipinski definition) is 3. The van der Waals surface area contributed by atoms with Crippen LogP contribution in [0.1, 0.15) is 29.6 Å². The van der Waals surface area contributed by atoms with E-state index in [1.54, 1.807) is 0 Å². The molecule has 0 saturated carbocycles. The molecule has 0 unspecified atom stereocenters. The zero-order chi connectivity index (χ0) is 14.4. The molecule has 21 heavy (non-hydrogen) atoms. The van der Waals surface area contributed by atoms with Crippen LogP contribution < -0.4 is 16.4 Å². The molecule has 4 N–H and O–H groups in total. The smallest absolute Gasteiger partial charge is 0.251 e. The summed E-state index contributed by atoms with van der Waals surface area (Å²) in [7, 11) is 0. The van der Waals surface area contributed by atoms with Gasteiger partial charge in [0.15, 0.2) is 0 Å². The number of carbonyl (C=O) groups is 1. The van der Waals surface area contributed by atoms with E-state index < -0.39 is 0 Å². The van der Waals surface area contributed by atoms with E-state index in [2.05, 4.69) is 10.6 Å². The summed E-state index contributed by atoms with van der Waals surface area (Å²) in [4.78, 5) is 12.5. The molecule has 4 nitrogen and oxygen atoms in total. The Morgan fingerprint density at radius 2 is 2.14 bits per heavy atom. The largest absolute Gasteiger partial charge is 0.398 e. The lowest BCUT2D eigenvalue weighted by molar-refractivity contribution is 0.0931. The number of nitrogens with one attached hydrogen (secondary N) is 2. The minimum Gasteiger partial charge on any atom is -0.398 e. The maximum atomic E-state index is 12.5. The van der Waals surface area contributed by atoms with Gasteiger partial charge >= 0.3 is 0 Å². The molecule has 2 aromatic rings. The van der Waals surface area contributed by atoms with Crippen molar-refractivity contribution in [1.29, 1.82) is 0 Å². The Morgan fingerprint density at radius 3 is 2.90 bits per heavy atom.